The predicted octanol–water partition coefficient (Wildman–Crippen LogP) is -0.337. The summed E-state index contributed by atoms with van der Waals surface area (Å²) in [5.74, 6) is -0.321. The molecule has 0 aliphatic heterocycles. The molecule has 0 aromatic carbocycles. The molecular formula is C6H9N3O3S. The number of aromatic hydroxyl groups is 1. The highest BCUT2D eigenvalue weighted by atomic mass is 32.2. The summed E-state index contributed by atoms with van der Waals surface area (Å²) in [7, 11) is -2.37. The van der Waals surface area contributed by atoms with Crippen LogP contribution in [0.15, 0.2) is 18.3 Å². The maximum Gasteiger partial charge on any atom is 0.300 e. The number of anilines is 1. The first-order valence-electron chi connectivity index (χ1n) is 3.40. The Bertz CT molecular complexity index is 390. The molecule has 0 aliphatic rings. The Balaban J connectivity index is 2.93. The van der Waals surface area contributed by atoms with E-state index in [1.807, 2.05) is 9.44 Å². The molecule has 0 aliphatic carbocycles. The van der Waals surface area contributed by atoms with E-state index >= 15 is 0 Å². The van der Waals surface area contributed by atoms with Crippen molar-refractivity contribution in [3.63, 3.8) is 0 Å². The fourth-order valence-corrected chi connectivity index (χ4v) is 1.17. The van der Waals surface area contributed by atoms with Gasteiger partial charge < -0.3 is 5.11 Å². The molecule has 0 fully saturated rings. The van der Waals surface area contributed by atoms with Gasteiger partial charge in [-0.25, -0.2) is 9.71 Å². The molecule has 3 N–H and O–H groups in total. The minimum Gasteiger partial charge on any atom is -0.504 e. The van der Waals surface area contributed by atoms with E-state index in [0.29, 0.717) is 0 Å². The lowest BCUT2D eigenvalue weighted by atomic mass is 10.4. The van der Waals surface area contributed by atoms with Crippen molar-refractivity contribution in [2.45, 2.75) is 0 Å². The van der Waals surface area contributed by atoms with E-state index in [1.165, 1.54) is 25.4 Å². The normalized spacial score (nSPS) is 11.2. The van der Waals surface area contributed by atoms with Crippen molar-refractivity contribution < 1.29 is 13.5 Å². The third-order valence-electron chi connectivity index (χ3n) is 1.29. The first-order valence-corrected chi connectivity index (χ1v) is 4.89. The average molecular weight is 203 g/mol. The van der Waals surface area contributed by atoms with E-state index in [4.69, 9.17) is 5.11 Å². The molecule has 0 atom stereocenters. The number of pyridine rings is 1. The smallest absolute Gasteiger partial charge is 0.300 e. The van der Waals surface area contributed by atoms with Gasteiger partial charge in [0.05, 0.1) is 0 Å². The Hall–Kier alpha value is -1.34. The molecule has 7 heteroatoms. The van der Waals surface area contributed by atoms with Crippen molar-refractivity contribution >= 4 is 16.0 Å². The third-order valence-corrected chi connectivity index (χ3v) is 2.29. The van der Waals surface area contributed by atoms with Gasteiger partial charge in [-0.2, -0.15) is 8.42 Å². The second kappa shape index (κ2) is 3.58. The van der Waals surface area contributed by atoms with Crippen LogP contribution >= 0.6 is 0 Å². The SMILES string of the molecule is CNS(=O)(=O)Nc1ncccc1O. The van der Waals surface area contributed by atoms with Gasteiger partial charge in [-0.05, 0) is 12.1 Å². The maximum absolute atomic E-state index is 10.9. The van der Waals surface area contributed by atoms with Gasteiger partial charge >= 0.3 is 0 Å². The fourth-order valence-electron chi connectivity index (χ4n) is 0.654. The zero-order chi connectivity index (χ0) is 9.90. The van der Waals surface area contributed by atoms with Gasteiger partial charge in [-0.15, -0.1) is 0 Å². The Morgan fingerprint density at radius 2 is 2.23 bits per heavy atom. The first kappa shape index (κ1) is 9.75. The van der Waals surface area contributed by atoms with Crippen LogP contribution in [0.5, 0.6) is 5.75 Å². The number of aromatic nitrogens is 1. The van der Waals surface area contributed by atoms with Gasteiger partial charge in [0, 0.05) is 13.2 Å². The Kier molecular flexibility index (Phi) is 2.69. The van der Waals surface area contributed by atoms with Crippen molar-refractivity contribution in [1.82, 2.24) is 9.71 Å². The summed E-state index contributed by atoms with van der Waals surface area (Å²) in [6.45, 7) is 0. The lowest BCUT2D eigenvalue weighted by molar-refractivity contribution is 0.475. The number of rotatable bonds is 3. The maximum atomic E-state index is 10.9. The van der Waals surface area contributed by atoms with Crippen molar-refractivity contribution in [2.75, 3.05) is 11.8 Å². The topological polar surface area (TPSA) is 91.3 Å². The minimum atomic E-state index is -3.62. The van der Waals surface area contributed by atoms with Gasteiger partial charge in [-0.3, -0.25) is 4.72 Å². The number of hydrogen-bond acceptors (Lipinski definition) is 4. The molecule has 1 heterocycles. The highest BCUT2D eigenvalue weighted by Crippen LogP contribution is 2.18. The largest absolute Gasteiger partial charge is 0.504 e. The summed E-state index contributed by atoms with van der Waals surface area (Å²) in [5.41, 5.74) is 0. The van der Waals surface area contributed by atoms with E-state index in [9.17, 15) is 8.42 Å². The van der Waals surface area contributed by atoms with Crippen LogP contribution < -0.4 is 9.44 Å². The summed E-state index contributed by atoms with van der Waals surface area (Å²) in [4.78, 5) is 3.63. The molecule has 0 spiro atoms. The van der Waals surface area contributed by atoms with Crippen molar-refractivity contribution in [2.24, 2.45) is 0 Å². The van der Waals surface area contributed by atoms with Crippen molar-refractivity contribution in [1.29, 1.82) is 0 Å². The van der Waals surface area contributed by atoms with Crippen molar-refractivity contribution in [3.8, 4) is 5.75 Å². The van der Waals surface area contributed by atoms with Crippen LogP contribution in [0.1, 0.15) is 0 Å². The Morgan fingerprint density at radius 1 is 1.54 bits per heavy atom. The molecule has 0 bridgehead atoms. The van der Waals surface area contributed by atoms with Crippen molar-refractivity contribution in [3.05, 3.63) is 18.3 Å². The van der Waals surface area contributed by atoms with Crippen LogP contribution in [0.2, 0.25) is 0 Å². The zero-order valence-corrected chi connectivity index (χ0v) is 7.67. The molecule has 1 aromatic rings. The summed E-state index contributed by atoms with van der Waals surface area (Å²) >= 11 is 0. The number of nitrogens with one attached hydrogen (secondary N) is 2. The predicted molar refractivity (Wildman–Crippen MR) is 47.5 cm³/mol. The van der Waals surface area contributed by atoms with Gasteiger partial charge in [-0.1, -0.05) is 0 Å². The molecule has 0 saturated carbocycles. The molecule has 0 saturated heterocycles. The van der Waals surface area contributed by atoms with E-state index in [-0.39, 0.29) is 11.6 Å². The molecule has 0 radical (unpaired) electrons. The Labute approximate surface area is 75.8 Å². The molecule has 13 heavy (non-hydrogen) atoms. The van der Waals surface area contributed by atoms with Crippen LogP contribution in [0.25, 0.3) is 0 Å². The van der Waals surface area contributed by atoms with Gasteiger partial charge in [0.25, 0.3) is 10.2 Å². The van der Waals surface area contributed by atoms with Gasteiger partial charge in [0.15, 0.2) is 11.6 Å². The fraction of sp³-hybridized carbons (Fsp3) is 0.167. The van der Waals surface area contributed by atoms with Gasteiger partial charge in [0.1, 0.15) is 0 Å². The lowest BCUT2D eigenvalue weighted by Gasteiger charge is -2.05. The van der Waals surface area contributed by atoms with Crippen LogP contribution in [-0.2, 0) is 10.2 Å². The van der Waals surface area contributed by atoms with E-state index in [0.717, 1.165) is 0 Å². The van der Waals surface area contributed by atoms with E-state index in [2.05, 4.69) is 4.98 Å². The lowest BCUT2D eigenvalue weighted by Crippen LogP contribution is -2.26. The highest BCUT2D eigenvalue weighted by Gasteiger charge is 2.09. The molecule has 72 valence electrons. The summed E-state index contributed by atoms with van der Waals surface area (Å²) in [5, 5.41) is 9.15. The first-order chi connectivity index (χ1) is 6.05. The molecule has 1 aromatic heterocycles. The quantitative estimate of drug-likeness (QED) is 0.627. The second-order valence-corrected chi connectivity index (χ2v) is 3.80. The molecular weight excluding hydrogens is 194 g/mol. The van der Waals surface area contributed by atoms with E-state index < -0.39 is 10.2 Å². The standard InChI is InChI=1S/C6H9N3O3S/c1-7-13(11,12)9-6-5(10)3-2-4-8-6/h2-4,7,10H,1H3,(H,8,9). The molecule has 6 nitrogen and oxygen atoms in total. The highest BCUT2D eigenvalue weighted by molar-refractivity contribution is 7.90. The zero-order valence-electron chi connectivity index (χ0n) is 6.85. The van der Waals surface area contributed by atoms with Crippen LogP contribution in [0.4, 0.5) is 5.82 Å². The number of hydrogen-bond donors (Lipinski definition) is 3. The molecule has 0 unspecified atom stereocenters. The van der Waals surface area contributed by atoms with Crippen LogP contribution in [0.3, 0.4) is 0 Å². The van der Waals surface area contributed by atoms with Crippen LogP contribution in [-0.4, -0.2) is 25.6 Å². The summed E-state index contributed by atoms with van der Waals surface area (Å²) in [6.07, 6.45) is 1.37. The van der Waals surface area contributed by atoms with E-state index in [1.54, 1.807) is 0 Å². The summed E-state index contributed by atoms with van der Waals surface area (Å²) < 4.78 is 26.0. The third kappa shape index (κ3) is 2.56. The Morgan fingerprint density at radius 3 is 2.77 bits per heavy atom. The second-order valence-electron chi connectivity index (χ2n) is 2.18. The van der Waals surface area contributed by atoms with Crippen LogP contribution in [0, 0.1) is 0 Å². The monoisotopic (exact) mass is 203 g/mol. The van der Waals surface area contributed by atoms with Gasteiger partial charge in [0.2, 0.25) is 0 Å². The molecule has 1 rings (SSSR count). The number of nitrogens with zero attached hydrogens (tertiary/aromatic N) is 1. The summed E-state index contributed by atoms with van der Waals surface area (Å²) in [6, 6.07) is 2.83. The minimum absolute atomic E-state index is 0.100. The molecule has 0 amide bonds. The average Bonchev–Trinajstić information content (AvgIpc) is 2.09.